The Labute approximate surface area is 214 Å². The van der Waals surface area contributed by atoms with Crippen LogP contribution < -0.4 is 10.1 Å². The van der Waals surface area contributed by atoms with Gasteiger partial charge in [-0.25, -0.2) is 4.39 Å². The molecule has 5 nitrogen and oxygen atoms in total. The molecule has 0 amide bonds. The van der Waals surface area contributed by atoms with E-state index in [2.05, 4.69) is 57.5 Å². The number of thiophene rings is 1. The molecular weight excluding hydrogens is 479 g/mol. The van der Waals surface area contributed by atoms with Crippen LogP contribution in [-0.4, -0.2) is 53.0 Å². The van der Waals surface area contributed by atoms with Gasteiger partial charge in [-0.15, -0.1) is 11.3 Å². The van der Waals surface area contributed by atoms with E-state index in [9.17, 15) is 4.39 Å². The molecule has 0 unspecified atom stereocenters. The minimum Gasteiger partial charge on any atom is -0.453 e. The van der Waals surface area contributed by atoms with Crippen LogP contribution in [0.15, 0.2) is 60.8 Å². The normalized spacial score (nSPS) is 14.8. The van der Waals surface area contributed by atoms with Gasteiger partial charge < -0.3 is 15.0 Å². The number of piperazine rings is 1. The molecule has 0 bridgehead atoms. The van der Waals surface area contributed by atoms with Gasteiger partial charge in [0.2, 0.25) is 0 Å². The third-order valence-electron chi connectivity index (χ3n) is 6.09. The third-order valence-corrected chi connectivity index (χ3v) is 7.38. The van der Waals surface area contributed by atoms with E-state index in [1.807, 2.05) is 0 Å². The van der Waals surface area contributed by atoms with Crippen molar-refractivity contribution in [2.45, 2.75) is 13.5 Å². The fourth-order valence-electron chi connectivity index (χ4n) is 4.16. The van der Waals surface area contributed by atoms with Crippen molar-refractivity contribution < 1.29 is 9.13 Å². The maximum absolute atomic E-state index is 14.7. The quantitative estimate of drug-likeness (QED) is 0.305. The van der Waals surface area contributed by atoms with Gasteiger partial charge in [0.05, 0.1) is 15.2 Å². The lowest BCUT2D eigenvalue weighted by Crippen LogP contribution is -2.43. The van der Waals surface area contributed by atoms with E-state index in [0.717, 1.165) is 53.4 Å². The van der Waals surface area contributed by atoms with Crippen molar-refractivity contribution >= 4 is 44.4 Å². The van der Waals surface area contributed by atoms with Gasteiger partial charge >= 0.3 is 0 Å². The number of nitrogens with one attached hydrogen (secondary N) is 1. The molecule has 1 saturated heterocycles. The van der Waals surface area contributed by atoms with Crippen LogP contribution in [0.1, 0.15) is 12.5 Å². The molecule has 2 aromatic carbocycles. The summed E-state index contributed by atoms with van der Waals surface area (Å²) in [4.78, 5) is 11.1. The first-order chi connectivity index (χ1) is 16.9. The molecule has 1 aliphatic rings. The molecule has 0 saturated carbocycles. The van der Waals surface area contributed by atoms with E-state index >= 15 is 0 Å². The lowest BCUT2D eigenvalue weighted by Gasteiger charge is -2.32. The van der Waals surface area contributed by atoms with Gasteiger partial charge in [0, 0.05) is 61.6 Å². The first-order valence-electron chi connectivity index (χ1n) is 11.6. The number of hydrogen-bond acceptors (Lipinski definition) is 6. The van der Waals surface area contributed by atoms with Crippen molar-refractivity contribution in [2.24, 2.45) is 0 Å². The number of ether oxygens (including phenoxy) is 1. The zero-order valence-corrected chi connectivity index (χ0v) is 21.4. The molecule has 180 valence electrons. The molecule has 0 radical (unpaired) electrons. The maximum Gasteiger partial charge on any atom is 0.167 e. The summed E-state index contributed by atoms with van der Waals surface area (Å²) in [6.45, 7) is 7.18. The number of fused-ring (bicyclic) bond motifs is 1. The average molecular weight is 507 g/mol. The first kappa shape index (κ1) is 23.8. The van der Waals surface area contributed by atoms with Crippen LogP contribution in [0.25, 0.3) is 20.7 Å². The van der Waals surface area contributed by atoms with Crippen LogP contribution in [0.2, 0.25) is 0 Å². The third kappa shape index (κ3) is 5.67. The van der Waals surface area contributed by atoms with E-state index in [0.29, 0.717) is 16.4 Å². The molecule has 8 heteroatoms. The van der Waals surface area contributed by atoms with Gasteiger partial charge in [0.15, 0.2) is 11.6 Å². The number of nitrogens with zero attached hydrogens (tertiary/aromatic N) is 3. The molecule has 0 atom stereocenters. The molecule has 5 rings (SSSR count). The van der Waals surface area contributed by atoms with Crippen molar-refractivity contribution in [3.8, 4) is 21.9 Å². The summed E-state index contributed by atoms with van der Waals surface area (Å²) in [6.07, 6.45) is 1.69. The Balaban J connectivity index is 1.34. The lowest BCUT2D eigenvalue weighted by atomic mass is 10.1. The predicted octanol–water partition coefficient (Wildman–Crippen LogP) is 6.40. The van der Waals surface area contributed by atoms with Crippen molar-refractivity contribution in [1.82, 2.24) is 14.8 Å². The summed E-state index contributed by atoms with van der Waals surface area (Å²) >= 11 is 6.63. The number of likely N-dealkylation sites (N-methyl/N-ethyl adjacent to an activating group) is 1. The Morgan fingerprint density at radius 3 is 2.54 bits per heavy atom. The standard InChI is InChI=1S/C27H27FN4OS2/c1-18(34)30-21-7-8-24(22(28)15-21)33-25-9-10-29-23-16-26(35-27(23)25)20-5-3-19(4-6-20)17-32-13-11-31(2)12-14-32/h3-10,15-16H,11-14,17H2,1-2H3,(H,30,34). The Bertz CT molecular complexity index is 1350. The first-order valence-corrected chi connectivity index (χ1v) is 12.8. The molecule has 0 spiro atoms. The highest BCUT2D eigenvalue weighted by Gasteiger charge is 2.15. The van der Waals surface area contributed by atoms with E-state index in [1.165, 1.54) is 11.6 Å². The van der Waals surface area contributed by atoms with Crippen molar-refractivity contribution in [3.05, 3.63) is 72.2 Å². The molecular formula is C27H27FN4OS2. The average Bonchev–Trinajstić information content (AvgIpc) is 3.28. The van der Waals surface area contributed by atoms with Crippen LogP contribution in [-0.2, 0) is 6.54 Å². The number of rotatable bonds is 6. The summed E-state index contributed by atoms with van der Waals surface area (Å²) < 4.78 is 21.5. The monoisotopic (exact) mass is 506 g/mol. The van der Waals surface area contributed by atoms with Crippen molar-refractivity contribution in [3.63, 3.8) is 0 Å². The molecule has 0 aliphatic carbocycles. The smallest absolute Gasteiger partial charge is 0.167 e. The number of aromatic nitrogens is 1. The minimum atomic E-state index is -0.455. The molecule has 2 aromatic heterocycles. The number of halogens is 1. The molecule has 4 aromatic rings. The number of anilines is 1. The second-order valence-electron chi connectivity index (χ2n) is 8.84. The maximum atomic E-state index is 14.7. The van der Waals surface area contributed by atoms with Gasteiger partial charge in [0.25, 0.3) is 0 Å². The molecule has 35 heavy (non-hydrogen) atoms. The molecule has 1 fully saturated rings. The summed E-state index contributed by atoms with van der Waals surface area (Å²) in [5.74, 6) is 0.292. The highest BCUT2D eigenvalue weighted by atomic mass is 32.1. The van der Waals surface area contributed by atoms with E-state index < -0.39 is 5.82 Å². The zero-order valence-electron chi connectivity index (χ0n) is 19.8. The van der Waals surface area contributed by atoms with Crippen LogP contribution in [0.4, 0.5) is 10.1 Å². The number of benzene rings is 2. The summed E-state index contributed by atoms with van der Waals surface area (Å²) in [5, 5.41) is 2.94. The molecule has 1 aliphatic heterocycles. The minimum absolute atomic E-state index is 0.160. The van der Waals surface area contributed by atoms with E-state index in [-0.39, 0.29) is 5.75 Å². The number of hydrogen-bond donors (Lipinski definition) is 1. The van der Waals surface area contributed by atoms with Crippen molar-refractivity contribution in [2.75, 3.05) is 38.5 Å². The van der Waals surface area contributed by atoms with Crippen LogP contribution >= 0.6 is 23.6 Å². The fourth-order valence-corrected chi connectivity index (χ4v) is 5.35. The SMILES string of the molecule is CC(=S)Nc1ccc(Oc2ccnc3cc(-c4ccc(CN5CCN(C)CC5)cc4)sc23)c(F)c1. The molecule has 1 N–H and O–H groups in total. The van der Waals surface area contributed by atoms with Gasteiger partial charge in [0.1, 0.15) is 5.75 Å². The summed E-state index contributed by atoms with van der Waals surface area (Å²) in [5.41, 5.74) is 3.88. The Morgan fingerprint density at radius 1 is 1.06 bits per heavy atom. The highest BCUT2D eigenvalue weighted by molar-refractivity contribution is 7.80. The van der Waals surface area contributed by atoms with Gasteiger partial charge in [-0.05, 0) is 43.3 Å². The lowest BCUT2D eigenvalue weighted by molar-refractivity contribution is 0.148. The summed E-state index contributed by atoms with van der Waals surface area (Å²) in [7, 11) is 2.18. The molecule has 3 heterocycles. The fraction of sp³-hybridized carbons (Fsp3) is 0.259. The largest absolute Gasteiger partial charge is 0.453 e. The Morgan fingerprint density at radius 2 is 1.83 bits per heavy atom. The van der Waals surface area contributed by atoms with Crippen LogP contribution in [0.3, 0.4) is 0 Å². The zero-order chi connectivity index (χ0) is 24.4. The summed E-state index contributed by atoms with van der Waals surface area (Å²) in [6, 6.07) is 17.3. The van der Waals surface area contributed by atoms with E-state index in [4.69, 9.17) is 17.0 Å². The van der Waals surface area contributed by atoms with E-state index in [1.54, 1.807) is 42.7 Å². The topological polar surface area (TPSA) is 40.6 Å². The second kappa shape index (κ2) is 10.4. The van der Waals surface area contributed by atoms with Crippen LogP contribution in [0.5, 0.6) is 11.5 Å². The predicted molar refractivity (Wildman–Crippen MR) is 146 cm³/mol. The second-order valence-corrected chi connectivity index (χ2v) is 10.5. The number of pyridine rings is 1. The highest BCUT2D eigenvalue weighted by Crippen LogP contribution is 2.39. The van der Waals surface area contributed by atoms with Gasteiger partial charge in [-0.2, -0.15) is 0 Å². The van der Waals surface area contributed by atoms with Crippen molar-refractivity contribution in [1.29, 1.82) is 0 Å². The Hall–Kier alpha value is -2.91. The number of thiocarbonyl (C=S) groups is 1. The van der Waals surface area contributed by atoms with Crippen LogP contribution in [0, 0.1) is 5.82 Å². The Kier molecular flexibility index (Phi) is 7.06. The van der Waals surface area contributed by atoms with Gasteiger partial charge in [-0.3, -0.25) is 9.88 Å². The van der Waals surface area contributed by atoms with Gasteiger partial charge in [-0.1, -0.05) is 36.5 Å².